The largest absolute Gasteiger partial charge is 0.480 e. The molecule has 2 unspecified atom stereocenters. The van der Waals surface area contributed by atoms with Crippen LogP contribution in [0.4, 0.5) is 0 Å². The molecule has 1 N–H and O–H groups in total. The summed E-state index contributed by atoms with van der Waals surface area (Å²) in [6.07, 6.45) is 2.20. The highest BCUT2D eigenvalue weighted by Crippen LogP contribution is 2.32. The first-order chi connectivity index (χ1) is 10.1. The third kappa shape index (κ3) is 2.67. The van der Waals surface area contributed by atoms with Crippen LogP contribution in [0.1, 0.15) is 45.6 Å². The molecule has 2 atom stereocenters. The summed E-state index contributed by atoms with van der Waals surface area (Å²) in [6, 6.07) is -0.697. The fraction of sp³-hybridized carbons (Fsp3) is 0.643. The lowest BCUT2D eigenvalue weighted by Crippen LogP contribution is -2.40. The van der Waals surface area contributed by atoms with Crippen LogP contribution in [0.3, 0.4) is 0 Å². The molecule has 1 amide bonds. The number of rotatable bonds is 3. The van der Waals surface area contributed by atoms with Crippen LogP contribution in [0.2, 0.25) is 0 Å². The number of likely N-dealkylation sites (tertiary alicyclic amines) is 1. The number of carbonyl (C=O) groups excluding carboxylic acids is 1. The minimum atomic E-state index is -0.924. The molecule has 2 aliphatic heterocycles. The number of carboxylic acid groups (broad SMARTS) is 1. The molecular formula is C14H18N2O4S. The summed E-state index contributed by atoms with van der Waals surface area (Å²) in [6.45, 7) is 3.71. The molecule has 0 radical (unpaired) electrons. The Morgan fingerprint density at radius 3 is 2.90 bits per heavy atom. The van der Waals surface area contributed by atoms with Gasteiger partial charge in [-0.05, 0) is 26.2 Å². The maximum absolute atomic E-state index is 12.6. The molecule has 2 fully saturated rings. The maximum atomic E-state index is 12.6. The monoisotopic (exact) mass is 310 g/mol. The van der Waals surface area contributed by atoms with E-state index in [1.54, 1.807) is 0 Å². The van der Waals surface area contributed by atoms with Gasteiger partial charge in [0.2, 0.25) is 0 Å². The van der Waals surface area contributed by atoms with Crippen molar-refractivity contribution in [2.24, 2.45) is 0 Å². The Bertz CT molecular complexity index is 565. The molecule has 2 aliphatic rings. The van der Waals surface area contributed by atoms with Gasteiger partial charge in [0.15, 0.2) is 0 Å². The zero-order valence-electron chi connectivity index (χ0n) is 11.9. The molecule has 0 spiro atoms. The Kier molecular flexibility index (Phi) is 3.95. The quantitative estimate of drug-likeness (QED) is 0.918. The van der Waals surface area contributed by atoms with E-state index in [0.717, 1.165) is 24.5 Å². The predicted octanol–water partition coefficient (Wildman–Crippen LogP) is 1.64. The Balaban J connectivity index is 1.82. The van der Waals surface area contributed by atoms with Gasteiger partial charge in [-0.15, -0.1) is 11.3 Å². The lowest BCUT2D eigenvalue weighted by Gasteiger charge is -2.20. The van der Waals surface area contributed by atoms with E-state index < -0.39 is 12.0 Å². The molecule has 3 rings (SSSR count). The average Bonchev–Trinajstić information content (AvgIpc) is 3.18. The van der Waals surface area contributed by atoms with Crippen molar-refractivity contribution in [1.29, 1.82) is 0 Å². The second-order valence-electron chi connectivity index (χ2n) is 5.52. The zero-order valence-corrected chi connectivity index (χ0v) is 12.7. The summed E-state index contributed by atoms with van der Waals surface area (Å²) in [5.74, 6) is -0.850. The van der Waals surface area contributed by atoms with E-state index in [-0.39, 0.29) is 11.8 Å². The number of hydrogen-bond donors (Lipinski definition) is 1. The molecule has 7 heteroatoms. The highest BCUT2D eigenvalue weighted by Gasteiger charge is 2.36. The van der Waals surface area contributed by atoms with Gasteiger partial charge in [0.25, 0.3) is 5.91 Å². The first-order valence-electron chi connectivity index (χ1n) is 7.16. The molecule has 114 valence electrons. The lowest BCUT2D eigenvalue weighted by molar-refractivity contribution is -0.141. The number of nitrogens with zero attached hydrogens (tertiary/aromatic N) is 2. The van der Waals surface area contributed by atoms with Gasteiger partial charge in [0.05, 0.1) is 17.3 Å². The number of amides is 1. The number of aliphatic carboxylic acids is 1. The molecule has 0 bridgehead atoms. The van der Waals surface area contributed by atoms with Crippen LogP contribution in [-0.4, -0.2) is 52.7 Å². The topological polar surface area (TPSA) is 79.7 Å². The number of aryl methyl sites for hydroxylation is 1. The van der Waals surface area contributed by atoms with Crippen molar-refractivity contribution in [3.63, 3.8) is 0 Å². The van der Waals surface area contributed by atoms with E-state index in [4.69, 9.17) is 4.74 Å². The standard InChI is InChI=1S/C14H18N2O4S/c1-8-11(21-12(15-8)9-4-6-20-7-9)13(17)16-5-2-3-10(16)14(18)19/h9-10H,2-7H2,1H3,(H,18,19). The maximum Gasteiger partial charge on any atom is 0.326 e. The predicted molar refractivity (Wildman–Crippen MR) is 76.7 cm³/mol. The number of carboxylic acids is 1. The smallest absolute Gasteiger partial charge is 0.326 e. The Morgan fingerprint density at radius 1 is 1.43 bits per heavy atom. The molecule has 6 nitrogen and oxygen atoms in total. The molecule has 0 aromatic carbocycles. The van der Waals surface area contributed by atoms with Crippen LogP contribution >= 0.6 is 11.3 Å². The first kappa shape index (κ1) is 14.5. The second-order valence-corrected chi connectivity index (χ2v) is 6.55. The third-order valence-electron chi connectivity index (χ3n) is 4.09. The molecule has 2 saturated heterocycles. The summed E-state index contributed by atoms with van der Waals surface area (Å²) < 4.78 is 5.36. The zero-order chi connectivity index (χ0) is 15.0. The molecule has 0 aliphatic carbocycles. The van der Waals surface area contributed by atoms with Crippen molar-refractivity contribution in [3.8, 4) is 0 Å². The van der Waals surface area contributed by atoms with Crippen molar-refractivity contribution in [2.75, 3.05) is 19.8 Å². The molecule has 0 saturated carbocycles. The average molecular weight is 310 g/mol. The van der Waals surface area contributed by atoms with Gasteiger partial charge in [0, 0.05) is 19.1 Å². The van der Waals surface area contributed by atoms with E-state index in [0.29, 0.717) is 30.1 Å². The number of aromatic nitrogens is 1. The van der Waals surface area contributed by atoms with Gasteiger partial charge in [-0.2, -0.15) is 0 Å². The van der Waals surface area contributed by atoms with Gasteiger partial charge in [-0.3, -0.25) is 4.79 Å². The van der Waals surface area contributed by atoms with Crippen molar-refractivity contribution in [1.82, 2.24) is 9.88 Å². The third-order valence-corrected chi connectivity index (χ3v) is 5.39. The van der Waals surface area contributed by atoms with Crippen molar-refractivity contribution in [2.45, 2.75) is 38.1 Å². The fourth-order valence-electron chi connectivity index (χ4n) is 2.92. The Labute approximate surface area is 126 Å². The first-order valence-corrected chi connectivity index (χ1v) is 7.98. The summed E-state index contributed by atoms with van der Waals surface area (Å²) >= 11 is 1.39. The Hall–Kier alpha value is -1.47. The van der Waals surface area contributed by atoms with Crippen LogP contribution in [-0.2, 0) is 9.53 Å². The summed E-state index contributed by atoms with van der Waals surface area (Å²) in [4.78, 5) is 30.4. The summed E-state index contributed by atoms with van der Waals surface area (Å²) in [7, 11) is 0. The van der Waals surface area contributed by atoms with Crippen LogP contribution in [0.25, 0.3) is 0 Å². The summed E-state index contributed by atoms with van der Waals surface area (Å²) in [5.41, 5.74) is 0.697. The molecule has 1 aromatic rings. The summed E-state index contributed by atoms with van der Waals surface area (Å²) in [5, 5.41) is 10.1. The van der Waals surface area contributed by atoms with Gasteiger partial charge in [-0.1, -0.05) is 0 Å². The second kappa shape index (κ2) is 5.73. The number of ether oxygens (including phenoxy) is 1. The van der Waals surface area contributed by atoms with Crippen molar-refractivity contribution < 1.29 is 19.4 Å². The van der Waals surface area contributed by atoms with E-state index in [1.807, 2.05) is 6.92 Å². The normalized spacial score (nSPS) is 25.5. The van der Waals surface area contributed by atoms with E-state index >= 15 is 0 Å². The highest BCUT2D eigenvalue weighted by molar-refractivity contribution is 7.13. The SMILES string of the molecule is Cc1nc(C2CCOC2)sc1C(=O)N1CCCC1C(=O)O. The number of hydrogen-bond acceptors (Lipinski definition) is 5. The molecule has 3 heterocycles. The van der Waals surface area contributed by atoms with Crippen molar-refractivity contribution >= 4 is 23.2 Å². The minimum Gasteiger partial charge on any atom is -0.480 e. The molecule has 21 heavy (non-hydrogen) atoms. The minimum absolute atomic E-state index is 0.194. The van der Waals surface area contributed by atoms with E-state index in [2.05, 4.69) is 4.98 Å². The van der Waals surface area contributed by atoms with Crippen LogP contribution in [0.5, 0.6) is 0 Å². The van der Waals surface area contributed by atoms with E-state index in [1.165, 1.54) is 16.2 Å². The van der Waals surface area contributed by atoms with Crippen LogP contribution < -0.4 is 0 Å². The van der Waals surface area contributed by atoms with Gasteiger partial charge < -0.3 is 14.7 Å². The number of thiazole rings is 1. The molecular weight excluding hydrogens is 292 g/mol. The van der Waals surface area contributed by atoms with Crippen molar-refractivity contribution in [3.05, 3.63) is 15.6 Å². The lowest BCUT2D eigenvalue weighted by atomic mass is 10.1. The number of carbonyl (C=O) groups is 2. The van der Waals surface area contributed by atoms with E-state index in [9.17, 15) is 14.7 Å². The highest BCUT2D eigenvalue weighted by atomic mass is 32.1. The van der Waals surface area contributed by atoms with Crippen LogP contribution in [0.15, 0.2) is 0 Å². The van der Waals surface area contributed by atoms with Gasteiger partial charge in [0.1, 0.15) is 10.9 Å². The fourth-order valence-corrected chi connectivity index (χ4v) is 4.06. The van der Waals surface area contributed by atoms with Crippen LogP contribution in [0, 0.1) is 6.92 Å². The van der Waals surface area contributed by atoms with Gasteiger partial charge in [-0.25, -0.2) is 9.78 Å². The van der Waals surface area contributed by atoms with Gasteiger partial charge >= 0.3 is 5.97 Å². The Morgan fingerprint density at radius 2 is 2.24 bits per heavy atom. The molecule has 1 aromatic heterocycles.